The Morgan fingerprint density at radius 3 is 2.46 bits per heavy atom. The highest BCUT2D eigenvalue weighted by Gasteiger charge is 2.54. The van der Waals surface area contributed by atoms with Crippen molar-refractivity contribution in [2.75, 3.05) is 0 Å². The third kappa shape index (κ3) is 2.20. The first-order valence-electron chi connectivity index (χ1n) is 9.16. The predicted octanol–water partition coefficient (Wildman–Crippen LogP) is 4.93. The highest BCUT2D eigenvalue weighted by Crippen LogP contribution is 2.56. The number of benzene rings is 2. The Morgan fingerprint density at radius 2 is 1.67 bits per heavy atom. The second kappa shape index (κ2) is 5.47. The Balaban J connectivity index is 1.58. The van der Waals surface area contributed by atoms with Gasteiger partial charge in [-0.25, -0.2) is 4.99 Å². The largest absolute Gasteiger partial charge is 0.473 e. The van der Waals surface area contributed by atoms with Crippen LogP contribution in [0.5, 0.6) is 0 Å². The lowest BCUT2D eigenvalue weighted by atomic mass is 9.78. The van der Waals surface area contributed by atoms with E-state index in [1.54, 1.807) is 0 Å². The third-order valence-electron chi connectivity index (χ3n) is 6.21. The smallest absolute Gasteiger partial charge is 0.216 e. The van der Waals surface area contributed by atoms with E-state index in [1.807, 2.05) is 0 Å². The number of hydrogen-bond acceptors (Lipinski definition) is 2. The van der Waals surface area contributed by atoms with Crippen LogP contribution in [0.2, 0.25) is 0 Å². The van der Waals surface area contributed by atoms with Gasteiger partial charge in [-0.15, -0.1) is 0 Å². The van der Waals surface area contributed by atoms with Crippen LogP contribution in [0.15, 0.2) is 59.6 Å². The van der Waals surface area contributed by atoms with Crippen LogP contribution >= 0.6 is 0 Å². The van der Waals surface area contributed by atoms with Crippen LogP contribution in [0.25, 0.3) is 0 Å². The molecule has 0 spiro atoms. The average Bonchev–Trinajstić information content (AvgIpc) is 3.24. The maximum Gasteiger partial charge on any atom is 0.216 e. The lowest BCUT2D eigenvalue weighted by Gasteiger charge is -2.39. The Bertz CT molecular complexity index is 764. The summed E-state index contributed by atoms with van der Waals surface area (Å²) in [6.45, 7) is 2.12. The molecule has 2 fully saturated rings. The minimum Gasteiger partial charge on any atom is -0.473 e. The Labute approximate surface area is 143 Å². The molecule has 2 aromatic rings. The monoisotopic (exact) mass is 317 g/mol. The Hall–Kier alpha value is -2.09. The summed E-state index contributed by atoms with van der Waals surface area (Å²) in [5, 5.41) is 0. The average molecular weight is 317 g/mol. The molecule has 0 N–H and O–H groups in total. The molecular weight excluding hydrogens is 294 g/mol. The molecule has 2 bridgehead atoms. The van der Waals surface area contributed by atoms with Crippen LogP contribution < -0.4 is 0 Å². The van der Waals surface area contributed by atoms with E-state index in [2.05, 4.69) is 61.5 Å². The first-order valence-corrected chi connectivity index (χ1v) is 9.16. The summed E-state index contributed by atoms with van der Waals surface area (Å²) in [6.07, 6.45) is 4.36. The van der Waals surface area contributed by atoms with Crippen molar-refractivity contribution in [1.29, 1.82) is 0 Å². The van der Waals surface area contributed by atoms with Crippen LogP contribution in [0.4, 0.5) is 0 Å². The molecule has 1 aliphatic heterocycles. The fraction of sp³-hybridized carbons (Fsp3) is 0.409. The molecule has 122 valence electrons. The van der Waals surface area contributed by atoms with Gasteiger partial charge in [0.15, 0.2) is 0 Å². The molecule has 1 heterocycles. The minimum absolute atomic E-state index is 0.247. The van der Waals surface area contributed by atoms with E-state index in [0.717, 1.165) is 23.3 Å². The number of aliphatic imine (C=N–C) groups is 1. The van der Waals surface area contributed by atoms with Gasteiger partial charge in [0.25, 0.3) is 0 Å². The van der Waals surface area contributed by atoms with Crippen molar-refractivity contribution in [3.05, 3.63) is 71.3 Å². The normalized spacial score (nSPS) is 33.7. The molecule has 3 aliphatic rings. The predicted molar refractivity (Wildman–Crippen MR) is 96.1 cm³/mol. The topological polar surface area (TPSA) is 21.6 Å². The van der Waals surface area contributed by atoms with Crippen molar-refractivity contribution in [2.24, 2.45) is 22.7 Å². The van der Waals surface area contributed by atoms with Crippen LogP contribution in [-0.4, -0.2) is 12.0 Å². The van der Waals surface area contributed by atoms with Gasteiger partial charge in [-0.05, 0) is 55.7 Å². The minimum atomic E-state index is 0.247. The van der Waals surface area contributed by atoms with Crippen molar-refractivity contribution in [3.8, 4) is 0 Å². The maximum atomic E-state index is 6.47. The van der Waals surface area contributed by atoms with Crippen molar-refractivity contribution in [2.45, 2.75) is 38.3 Å². The van der Waals surface area contributed by atoms with Crippen LogP contribution in [-0.2, 0) is 4.74 Å². The van der Waals surface area contributed by atoms with Gasteiger partial charge in [0, 0.05) is 11.5 Å². The van der Waals surface area contributed by atoms with E-state index >= 15 is 0 Å². The first-order chi connectivity index (χ1) is 11.8. The number of fused-ring (bicyclic) bond motifs is 5. The zero-order valence-corrected chi connectivity index (χ0v) is 14.1. The molecule has 0 amide bonds. The standard InChI is InChI=1S/C22H23NO/c1-14-7-9-16(10-8-14)22-23-20(15-5-3-2-4-6-15)19-17-11-12-18(13-17)21(19)24-22/h2-10,17-21H,11-13H2,1H3. The summed E-state index contributed by atoms with van der Waals surface area (Å²) < 4.78 is 6.47. The first kappa shape index (κ1) is 14.3. The van der Waals surface area contributed by atoms with Gasteiger partial charge in [-0.2, -0.15) is 0 Å². The van der Waals surface area contributed by atoms with Gasteiger partial charge in [0.05, 0.1) is 6.04 Å². The summed E-state index contributed by atoms with van der Waals surface area (Å²) in [6, 6.07) is 19.6. The molecule has 2 heteroatoms. The molecule has 2 aliphatic carbocycles. The van der Waals surface area contributed by atoms with E-state index < -0.39 is 0 Å². The zero-order valence-electron chi connectivity index (χ0n) is 14.1. The summed E-state index contributed by atoms with van der Waals surface area (Å²) in [5.74, 6) is 2.91. The SMILES string of the molecule is Cc1ccc(C2=NC(c3ccccc3)C3C4CCC(C4)C3O2)cc1. The molecular formula is C22H23NO. The van der Waals surface area contributed by atoms with Crippen molar-refractivity contribution in [3.63, 3.8) is 0 Å². The Kier molecular flexibility index (Phi) is 3.26. The van der Waals surface area contributed by atoms with Crippen molar-refractivity contribution >= 4 is 5.90 Å². The van der Waals surface area contributed by atoms with Gasteiger partial charge in [0.2, 0.25) is 5.90 Å². The highest BCUT2D eigenvalue weighted by atomic mass is 16.5. The number of rotatable bonds is 2. The fourth-order valence-electron chi connectivity index (χ4n) is 5.05. The molecule has 0 saturated heterocycles. The summed E-state index contributed by atoms with van der Waals surface area (Å²) >= 11 is 0. The number of ether oxygens (including phenoxy) is 1. The lowest BCUT2D eigenvalue weighted by Crippen LogP contribution is -2.40. The molecule has 24 heavy (non-hydrogen) atoms. The second-order valence-electron chi connectivity index (χ2n) is 7.65. The van der Waals surface area contributed by atoms with Gasteiger partial charge in [-0.1, -0.05) is 48.0 Å². The summed E-state index contributed by atoms with van der Waals surface area (Å²) in [5.41, 5.74) is 3.73. The third-order valence-corrected chi connectivity index (χ3v) is 6.21. The summed E-state index contributed by atoms with van der Waals surface area (Å²) in [7, 11) is 0. The van der Waals surface area contributed by atoms with E-state index in [0.29, 0.717) is 12.0 Å². The van der Waals surface area contributed by atoms with E-state index in [-0.39, 0.29) is 6.04 Å². The molecule has 5 atom stereocenters. The summed E-state index contributed by atoms with van der Waals surface area (Å²) in [4.78, 5) is 5.11. The van der Waals surface area contributed by atoms with E-state index in [9.17, 15) is 0 Å². The van der Waals surface area contributed by atoms with Crippen LogP contribution in [0.3, 0.4) is 0 Å². The zero-order chi connectivity index (χ0) is 16.1. The van der Waals surface area contributed by atoms with Gasteiger partial charge >= 0.3 is 0 Å². The van der Waals surface area contributed by atoms with E-state index in [1.165, 1.54) is 30.4 Å². The van der Waals surface area contributed by atoms with Crippen molar-refractivity contribution in [1.82, 2.24) is 0 Å². The number of aryl methyl sites for hydroxylation is 1. The van der Waals surface area contributed by atoms with Gasteiger partial charge in [0.1, 0.15) is 6.10 Å². The molecule has 2 nitrogen and oxygen atoms in total. The van der Waals surface area contributed by atoms with Crippen LogP contribution in [0.1, 0.15) is 42.0 Å². The lowest BCUT2D eigenvalue weighted by molar-refractivity contribution is 0.0408. The molecule has 0 aromatic heterocycles. The van der Waals surface area contributed by atoms with Gasteiger partial charge < -0.3 is 4.74 Å². The van der Waals surface area contributed by atoms with Crippen molar-refractivity contribution < 1.29 is 4.74 Å². The molecule has 0 radical (unpaired) electrons. The molecule has 5 rings (SSSR count). The second-order valence-corrected chi connectivity index (χ2v) is 7.65. The quantitative estimate of drug-likeness (QED) is 0.770. The number of nitrogens with zero attached hydrogens (tertiary/aromatic N) is 1. The molecule has 5 unspecified atom stereocenters. The highest BCUT2D eigenvalue weighted by molar-refractivity contribution is 5.95. The number of hydrogen-bond donors (Lipinski definition) is 0. The fourth-order valence-corrected chi connectivity index (χ4v) is 5.05. The molecule has 2 aromatic carbocycles. The maximum absolute atomic E-state index is 6.47. The molecule has 2 saturated carbocycles. The van der Waals surface area contributed by atoms with Crippen LogP contribution in [0, 0.1) is 24.7 Å². The Morgan fingerprint density at radius 1 is 0.917 bits per heavy atom. The van der Waals surface area contributed by atoms with E-state index in [4.69, 9.17) is 9.73 Å². The van der Waals surface area contributed by atoms with Gasteiger partial charge in [-0.3, -0.25) is 0 Å².